The number of benzene rings is 1. The fourth-order valence-corrected chi connectivity index (χ4v) is 2.63. The van der Waals surface area contributed by atoms with E-state index >= 15 is 0 Å². The van der Waals surface area contributed by atoms with E-state index in [1.807, 2.05) is 6.07 Å². The molecule has 1 aliphatic rings. The quantitative estimate of drug-likeness (QED) is 0.838. The topological polar surface area (TPSA) is 36.3 Å². The third kappa shape index (κ3) is 3.11. The average molecular weight is 309 g/mol. The van der Waals surface area contributed by atoms with E-state index < -0.39 is 0 Å². The minimum Gasteiger partial charge on any atom is -0.378 e. The highest BCUT2D eigenvalue weighted by molar-refractivity contribution is 9.10. The Balaban J connectivity index is 1.84. The third-order valence-corrected chi connectivity index (χ3v) is 4.06. The second-order valence-electron chi connectivity index (χ2n) is 4.96. The van der Waals surface area contributed by atoms with Crippen LogP contribution in [0.15, 0.2) is 28.7 Å². The zero-order valence-electron chi connectivity index (χ0n) is 10.5. The lowest BCUT2D eigenvalue weighted by atomic mass is 9.87. The van der Waals surface area contributed by atoms with Gasteiger partial charge in [-0.15, -0.1) is 0 Å². The third-order valence-electron chi connectivity index (χ3n) is 3.29. The Labute approximate surface area is 116 Å². The van der Waals surface area contributed by atoms with Gasteiger partial charge in [0, 0.05) is 17.6 Å². The molecule has 0 atom stereocenters. The Morgan fingerprint density at radius 1 is 1.44 bits per heavy atom. The monoisotopic (exact) mass is 308 g/mol. The second kappa shape index (κ2) is 5.83. The Morgan fingerprint density at radius 2 is 2.17 bits per heavy atom. The van der Waals surface area contributed by atoms with Gasteiger partial charge in [-0.2, -0.15) is 5.26 Å². The number of nitriles is 1. The molecule has 0 radical (unpaired) electrons. The van der Waals surface area contributed by atoms with Gasteiger partial charge in [-0.1, -0.05) is 34.1 Å². The molecule has 96 valence electrons. The number of nitrogens with zero attached hydrogens (tertiary/aromatic N) is 2. The molecule has 0 bridgehead atoms. The molecule has 0 amide bonds. The van der Waals surface area contributed by atoms with Crippen LogP contribution in [-0.4, -0.2) is 38.3 Å². The predicted octanol–water partition coefficient (Wildman–Crippen LogP) is 2.46. The van der Waals surface area contributed by atoms with E-state index in [0.717, 1.165) is 24.0 Å². The van der Waals surface area contributed by atoms with E-state index in [1.165, 1.54) is 5.56 Å². The van der Waals surface area contributed by atoms with E-state index in [-0.39, 0.29) is 5.41 Å². The van der Waals surface area contributed by atoms with Crippen LogP contribution in [0.4, 0.5) is 0 Å². The van der Waals surface area contributed by atoms with Crippen molar-refractivity contribution >= 4 is 15.9 Å². The molecule has 1 saturated heterocycles. The summed E-state index contributed by atoms with van der Waals surface area (Å²) >= 11 is 3.56. The van der Waals surface area contributed by atoms with Gasteiger partial charge < -0.3 is 9.64 Å². The molecule has 1 fully saturated rings. The predicted molar refractivity (Wildman–Crippen MR) is 74.2 cm³/mol. The molecule has 18 heavy (non-hydrogen) atoms. The molecule has 0 spiro atoms. The van der Waals surface area contributed by atoms with Crippen LogP contribution in [0.25, 0.3) is 0 Å². The van der Waals surface area contributed by atoms with Crippen LogP contribution in [0.1, 0.15) is 5.56 Å². The summed E-state index contributed by atoms with van der Waals surface area (Å²) < 4.78 is 6.31. The highest BCUT2D eigenvalue weighted by atomic mass is 79.9. The van der Waals surface area contributed by atoms with Gasteiger partial charge in [-0.25, -0.2) is 0 Å². The minimum atomic E-state index is -0.275. The lowest BCUT2D eigenvalue weighted by Gasteiger charge is -2.38. The molecule has 1 aromatic rings. The fraction of sp³-hybridized carbons (Fsp3) is 0.500. The van der Waals surface area contributed by atoms with Crippen LogP contribution in [0.2, 0.25) is 0 Å². The lowest BCUT2D eigenvalue weighted by molar-refractivity contribution is -0.0886. The van der Waals surface area contributed by atoms with Crippen molar-refractivity contribution in [3.05, 3.63) is 34.3 Å². The van der Waals surface area contributed by atoms with Crippen LogP contribution in [0.5, 0.6) is 0 Å². The normalized spacial score (nSPS) is 17.2. The Bertz CT molecular complexity index is 451. The number of hydrogen-bond acceptors (Lipinski definition) is 3. The van der Waals surface area contributed by atoms with Crippen molar-refractivity contribution < 1.29 is 4.74 Å². The number of ether oxygens (including phenoxy) is 1. The van der Waals surface area contributed by atoms with Gasteiger partial charge in [0.15, 0.2) is 0 Å². The van der Waals surface area contributed by atoms with E-state index in [1.54, 1.807) is 0 Å². The molecule has 4 heteroatoms. The van der Waals surface area contributed by atoms with Gasteiger partial charge in [0.25, 0.3) is 0 Å². The zero-order chi connectivity index (χ0) is 13.0. The summed E-state index contributed by atoms with van der Waals surface area (Å²) in [5, 5.41) is 9.15. The van der Waals surface area contributed by atoms with Gasteiger partial charge in [0.05, 0.1) is 19.3 Å². The first-order valence-electron chi connectivity index (χ1n) is 6.06. The number of likely N-dealkylation sites (N-methyl/N-ethyl adjacent to an activating group) is 1. The standard InChI is InChI=1S/C14H17BrN2O/c1-17(9-14(8-16)10-18-11-14)7-6-12-4-2-3-5-13(12)15/h2-5H,6-7,9-11H2,1H3. The van der Waals surface area contributed by atoms with Crippen molar-refractivity contribution in [3.8, 4) is 6.07 Å². The van der Waals surface area contributed by atoms with E-state index in [0.29, 0.717) is 13.2 Å². The van der Waals surface area contributed by atoms with E-state index in [4.69, 9.17) is 10.00 Å². The summed E-state index contributed by atoms with van der Waals surface area (Å²) in [4.78, 5) is 2.21. The molecule has 2 rings (SSSR count). The first-order chi connectivity index (χ1) is 8.65. The Kier molecular flexibility index (Phi) is 4.39. The molecule has 1 aliphatic heterocycles. The molecule has 0 aliphatic carbocycles. The van der Waals surface area contributed by atoms with Crippen LogP contribution < -0.4 is 0 Å². The van der Waals surface area contributed by atoms with Crippen LogP contribution in [0.3, 0.4) is 0 Å². The van der Waals surface area contributed by atoms with E-state index in [9.17, 15) is 0 Å². The van der Waals surface area contributed by atoms with Crippen molar-refractivity contribution in [3.63, 3.8) is 0 Å². The summed E-state index contributed by atoms with van der Waals surface area (Å²) in [6, 6.07) is 10.6. The van der Waals surface area contributed by atoms with Crippen LogP contribution in [-0.2, 0) is 11.2 Å². The average Bonchev–Trinajstić information content (AvgIpc) is 2.33. The molecule has 1 heterocycles. The van der Waals surface area contributed by atoms with Gasteiger partial charge in [-0.05, 0) is 25.1 Å². The zero-order valence-corrected chi connectivity index (χ0v) is 12.1. The summed E-state index contributed by atoms with van der Waals surface area (Å²) in [6.07, 6.45) is 0.986. The molecular weight excluding hydrogens is 292 g/mol. The van der Waals surface area contributed by atoms with Gasteiger partial charge in [0.2, 0.25) is 0 Å². The molecular formula is C14H17BrN2O. The second-order valence-corrected chi connectivity index (χ2v) is 5.82. The van der Waals surface area contributed by atoms with E-state index in [2.05, 4.69) is 52.1 Å². The van der Waals surface area contributed by atoms with Gasteiger partial charge in [-0.3, -0.25) is 0 Å². The molecule has 3 nitrogen and oxygen atoms in total. The van der Waals surface area contributed by atoms with Crippen molar-refractivity contribution in [2.45, 2.75) is 6.42 Å². The maximum absolute atomic E-state index is 9.15. The lowest BCUT2D eigenvalue weighted by Crippen LogP contribution is -2.49. The van der Waals surface area contributed by atoms with Crippen LogP contribution >= 0.6 is 15.9 Å². The fourth-order valence-electron chi connectivity index (χ4n) is 2.15. The SMILES string of the molecule is CN(CCc1ccccc1Br)CC1(C#N)COC1. The highest BCUT2D eigenvalue weighted by Crippen LogP contribution is 2.27. The smallest absolute Gasteiger partial charge is 0.116 e. The summed E-state index contributed by atoms with van der Waals surface area (Å²) in [5.41, 5.74) is 1.03. The van der Waals surface area contributed by atoms with Gasteiger partial charge >= 0.3 is 0 Å². The van der Waals surface area contributed by atoms with Crippen molar-refractivity contribution in [2.75, 3.05) is 33.4 Å². The highest BCUT2D eigenvalue weighted by Gasteiger charge is 2.39. The van der Waals surface area contributed by atoms with Crippen molar-refractivity contribution in [2.24, 2.45) is 5.41 Å². The molecule has 0 saturated carbocycles. The summed E-state index contributed by atoms with van der Waals surface area (Å²) in [5.74, 6) is 0. The maximum Gasteiger partial charge on any atom is 0.116 e. The summed E-state index contributed by atoms with van der Waals surface area (Å²) in [7, 11) is 2.06. The molecule has 0 unspecified atom stereocenters. The first-order valence-corrected chi connectivity index (χ1v) is 6.85. The molecule has 1 aromatic carbocycles. The molecule has 0 aromatic heterocycles. The Morgan fingerprint density at radius 3 is 2.72 bits per heavy atom. The van der Waals surface area contributed by atoms with Gasteiger partial charge in [0.1, 0.15) is 5.41 Å². The van der Waals surface area contributed by atoms with Crippen molar-refractivity contribution in [1.82, 2.24) is 4.90 Å². The summed E-state index contributed by atoms with van der Waals surface area (Å²) in [6.45, 7) is 2.88. The first kappa shape index (κ1) is 13.5. The Hall–Kier alpha value is -0.890. The number of hydrogen-bond donors (Lipinski definition) is 0. The van der Waals surface area contributed by atoms with Crippen LogP contribution in [0, 0.1) is 16.7 Å². The number of rotatable bonds is 5. The maximum atomic E-state index is 9.15. The van der Waals surface area contributed by atoms with Crippen molar-refractivity contribution in [1.29, 1.82) is 5.26 Å². The molecule has 0 N–H and O–H groups in total. The number of halogens is 1. The minimum absolute atomic E-state index is 0.275. The largest absolute Gasteiger partial charge is 0.378 e.